The molecule has 0 atom stereocenters. The fourth-order valence-electron chi connectivity index (χ4n) is 2.77. The molecule has 2 aromatic carbocycles. The summed E-state index contributed by atoms with van der Waals surface area (Å²) in [7, 11) is 0. The number of rotatable bonds is 7. The first kappa shape index (κ1) is 21.5. The Labute approximate surface area is 182 Å². The van der Waals surface area contributed by atoms with Crippen LogP contribution in [0.1, 0.15) is 35.3 Å². The highest BCUT2D eigenvalue weighted by atomic mass is 32.1. The monoisotopic (exact) mass is 419 g/mol. The summed E-state index contributed by atoms with van der Waals surface area (Å²) in [5.74, 6) is 0.798. The molecule has 3 rings (SSSR count). The number of hydrogen-bond acceptors (Lipinski definition) is 4. The second kappa shape index (κ2) is 10.5. The summed E-state index contributed by atoms with van der Waals surface area (Å²) in [6.07, 6.45) is 4.41. The third-order valence-electron chi connectivity index (χ3n) is 4.28. The Kier molecular flexibility index (Phi) is 7.51. The number of amides is 1. The molecule has 1 aromatic heterocycles. The van der Waals surface area contributed by atoms with Crippen molar-refractivity contribution in [2.45, 2.75) is 20.3 Å². The highest BCUT2D eigenvalue weighted by molar-refractivity contribution is 7.80. The predicted molar refractivity (Wildman–Crippen MR) is 124 cm³/mol. The number of benzene rings is 2. The van der Waals surface area contributed by atoms with Crippen LogP contribution in [0.3, 0.4) is 0 Å². The highest BCUT2D eigenvalue weighted by Gasteiger charge is 2.09. The first-order valence-electron chi connectivity index (χ1n) is 9.82. The Morgan fingerprint density at radius 3 is 2.43 bits per heavy atom. The van der Waals surface area contributed by atoms with Gasteiger partial charge in [-0.2, -0.15) is 0 Å². The highest BCUT2D eigenvalue weighted by Crippen LogP contribution is 2.15. The molecule has 5 nitrogen and oxygen atoms in total. The maximum absolute atomic E-state index is 12.5. The van der Waals surface area contributed by atoms with E-state index in [4.69, 9.17) is 17.0 Å². The number of nitrogens with one attached hydrogen (secondary N) is 2. The van der Waals surface area contributed by atoms with E-state index in [-0.39, 0.29) is 11.0 Å². The van der Waals surface area contributed by atoms with Crippen molar-refractivity contribution in [3.63, 3.8) is 0 Å². The van der Waals surface area contributed by atoms with Gasteiger partial charge in [0.15, 0.2) is 5.11 Å². The standard InChI is InChI=1S/C24H25N3O2S/c1-17(2)16-29-22-5-3-4-20(15-22)23(28)27-24(30)26-21-8-6-18(7-9-21)14-19-10-12-25-13-11-19/h3-13,15,17H,14,16H2,1-2H3,(H2,26,27,28,30). The Bertz CT molecular complexity index is 989. The molecule has 0 aliphatic carbocycles. The zero-order valence-electron chi connectivity index (χ0n) is 17.1. The summed E-state index contributed by atoms with van der Waals surface area (Å²) in [5.41, 5.74) is 3.69. The molecule has 0 aliphatic heterocycles. The van der Waals surface area contributed by atoms with Crippen LogP contribution in [-0.2, 0) is 6.42 Å². The average Bonchev–Trinajstić information content (AvgIpc) is 2.74. The van der Waals surface area contributed by atoms with Crippen LogP contribution in [0.4, 0.5) is 5.69 Å². The lowest BCUT2D eigenvalue weighted by molar-refractivity contribution is 0.0977. The van der Waals surface area contributed by atoms with Crippen LogP contribution in [0.15, 0.2) is 73.1 Å². The van der Waals surface area contributed by atoms with Gasteiger partial charge in [-0.05, 0) is 78.1 Å². The zero-order valence-corrected chi connectivity index (χ0v) is 17.9. The lowest BCUT2D eigenvalue weighted by Gasteiger charge is -2.12. The Hall–Kier alpha value is -3.25. The van der Waals surface area contributed by atoms with Crippen molar-refractivity contribution in [3.8, 4) is 5.75 Å². The number of aromatic nitrogens is 1. The third-order valence-corrected chi connectivity index (χ3v) is 4.48. The summed E-state index contributed by atoms with van der Waals surface area (Å²) in [6, 6.07) is 19.0. The van der Waals surface area contributed by atoms with E-state index in [0.717, 1.165) is 12.1 Å². The van der Waals surface area contributed by atoms with Gasteiger partial charge in [-0.3, -0.25) is 15.1 Å². The number of hydrogen-bond donors (Lipinski definition) is 2. The predicted octanol–water partition coefficient (Wildman–Crippen LogP) is 4.83. The number of anilines is 1. The summed E-state index contributed by atoms with van der Waals surface area (Å²) in [5, 5.41) is 6.00. The zero-order chi connectivity index (χ0) is 21.3. The smallest absolute Gasteiger partial charge is 0.257 e. The van der Waals surface area contributed by atoms with Crippen molar-refractivity contribution in [1.82, 2.24) is 10.3 Å². The minimum Gasteiger partial charge on any atom is -0.493 e. The van der Waals surface area contributed by atoms with E-state index in [1.807, 2.05) is 42.5 Å². The van der Waals surface area contributed by atoms with Crippen LogP contribution >= 0.6 is 12.2 Å². The van der Waals surface area contributed by atoms with E-state index in [9.17, 15) is 4.79 Å². The van der Waals surface area contributed by atoms with Gasteiger partial charge in [-0.15, -0.1) is 0 Å². The van der Waals surface area contributed by atoms with Gasteiger partial charge >= 0.3 is 0 Å². The van der Waals surface area contributed by atoms with Crippen LogP contribution in [0.25, 0.3) is 0 Å². The summed E-state index contributed by atoms with van der Waals surface area (Å²) in [4.78, 5) is 16.5. The summed E-state index contributed by atoms with van der Waals surface area (Å²) >= 11 is 5.29. The molecule has 1 heterocycles. The van der Waals surface area contributed by atoms with Gasteiger partial charge in [-0.1, -0.05) is 32.0 Å². The van der Waals surface area contributed by atoms with E-state index in [1.165, 1.54) is 11.1 Å². The van der Waals surface area contributed by atoms with Crippen LogP contribution in [0.2, 0.25) is 0 Å². The Morgan fingerprint density at radius 1 is 1.03 bits per heavy atom. The fourth-order valence-corrected chi connectivity index (χ4v) is 2.98. The maximum atomic E-state index is 12.5. The number of carbonyl (C=O) groups is 1. The van der Waals surface area contributed by atoms with Crippen molar-refractivity contribution in [1.29, 1.82) is 0 Å². The van der Waals surface area contributed by atoms with E-state index in [2.05, 4.69) is 29.5 Å². The van der Waals surface area contributed by atoms with Crippen molar-refractivity contribution in [2.75, 3.05) is 11.9 Å². The van der Waals surface area contributed by atoms with Gasteiger partial charge in [-0.25, -0.2) is 0 Å². The lowest BCUT2D eigenvalue weighted by atomic mass is 10.1. The normalized spacial score (nSPS) is 10.5. The summed E-state index contributed by atoms with van der Waals surface area (Å²) in [6.45, 7) is 4.75. The molecule has 0 aliphatic rings. The fraction of sp³-hybridized carbons (Fsp3) is 0.208. The number of carbonyl (C=O) groups excluding carboxylic acids is 1. The first-order valence-corrected chi connectivity index (χ1v) is 10.2. The Morgan fingerprint density at radius 2 is 1.73 bits per heavy atom. The molecule has 0 bridgehead atoms. The summed E-state index contributed by atoms with van der Waals surface area (Å²) < 4.78 is 5.68. The van der Waals surface area contributed by atoms with E-state index < -0.39 is 0 Å². The molecule has 0 unspecified atom stereocenters. The SMILES string of the molecule is CC(C)COc1cccc(C(=O)NC(=S)Nc2ccc(Cc3ccncc3)cc2)c1. The maximum Gasteiger partial charge on any atom is 0.257 e. The molecule has 0 spiro atoms. The molecule has 6 heteroatoms. The molecule has 2 N–H and O–H groups in total. The number of ether oxygens (including phenoxy) is 1. The molecule has 0 saturated carbocycles. The van der Waals surface area contributed by atoms with E-state index in [1.54, 1.807) is 30.6 Å². The molecule has 3 aromatic rings. The first-order chi connectivity index (χ1) is 14.5. The molecule has 1 amide bonds. The minimum atomic E-state index is -0.281. The number of thiocarbonyl (C=S) groups is 1. The molecule has 0 fully saturated rings. The number of nitrogens with zero attached hydrogens (tertiary/aromatic N) is 1. The minimum absolute atomic E-state index is 0.246. The third kappa shape index (κ3) is 6.67. The van der Waals surface area contributed by atoms with E-state index >= 15 is 0 Å². The Balaban J connectivity index is 1.53. The quantitative estimate of drug-likeness (QED) is 0.537. The van der Waals surface area contributed by atoms with Crippen molar-refractivity contribution in [3.05, 3.63) is 89.7 Å². The van der Waals surface area contributed by atoms with Crippen LogP contribution in [0.5, 0.6) is 5.75 Å². The van der Waals surface area contributed by atoms with Gasteiger partial charge in [0, 0.05) is 23.6 Å². The second-order valence-electron chi connectivity index (χ2n) is 7.37. The van der Waals surface area contributed by atoms with Gasteiger partial charge in [0.05, 0.1) is 6.61 Å². The lowest BCUT2D eigenvalue weighted by Crippen LogP contribution is -2.34. The van der Waals surface area contributed by atoms with Gasteiger partial charge in [0.1, 0.15) is 5.75 Å². The average molecular weight is 420 g/mol. The van der Waals surface area contributed by atoms with Crippen molar-refractivity contribution < 1.29 is 9.53 Å². The second-order valence-corrected chi connectivity index (χ2v) is 7.78. The molecular formula is C24H25N3O2S. The largest absolute Gasteiger partial charge is 0.493 e. The van der Waals surface area contributed by atoms with Gasteiger partial charge in [0.25, 0.3) is 5.91 Å². The van der Waals surface area contributed by atoms with Crippen molar-refractivity contribution >= 4 is 28.9 Å². The molecule has 154 valence electrons. The number of pyridine rings is 1. The topological polar surface area (TPSA) is 63.2 Å². The van der Waals surface area contributed by atoms with Crippen LogP contribution in [0, 0.1) is 5.92 Å². The molecular weight excluding hydrogens is 394 g/mol. The van der Waals surface area contributed by atoms with E-state index in [0.29, 0.717) is 23.8 Å². The molecule has 0 saturated heterocycles. The molecule has 30 heavy (non-hydrogen) atoms. The van der Waals surface area contributed by atoms with Gasteiger partial charge < -0.3 is 10.1 Å². The van der Waals surface area contributed by atoms with Crippen LogP contribution in [-0.4, -0.2) is 22.6 Å². The van der Waals surface area contributed by atoms with Crippen LogP contribution < -0.4 is 15.4 Å². The van der Waals surface area contributed by atoms with Crippen molar-refractivity contribution in [2.24, 2.45) is 5.92 Å². The molecule has 0 radical (unpaired) electrons. The van der Waals surface area contributed by atoms with Gasteiger partial charge in [0.2, 0.25) is 0 Å².